The molecule has 1 aromatic heterocycles. The molecule has 1 atom stereocenters. The Morgan fingerprint density at radius 1 is 1.75 bits per heavy atom. The summed E-state index contributed by atoms with van der Waals surface area (Å²) in [5.74, 6) is -0.486. The summed E-state index contributed by atoms with van der Waals surface area (Å²) in [6.45, 7) is 1.66. The topological polar surface area (TPSA) is 92.9 Å². The molecule has 86 valence electrons. The fourth-order valence-electron chi connectivity index (χ4n) is 1.50. The summed E-state index contributed by atoms with van der Waals surface area (Å²) in [7, 11) is 0. The van der Waals surface area contributed by atoms with E-state index in [0.717, 1.165) is 4.90 Å². The average molecular weight is 226 g/mol. The van der Waals surface area contributed by atoms with Crippen molar-refractivity contribution in [2.45, 2.75) is 19.5 Å². The van der Waals surface area contributed by atoms with Crippen LogP contribution in [0.1, 0.15) is 11.5 Å². The van der Waals surface area contributed by atoms with Crippen LogP contribution in [0.2, 0.25) is 0 Å². The predicted octanol–water partition coefficient (Wildman–Crippen LogP) is 0.388. The molecular weight excluding hydrogens is 216 g/mol. The van der Waals surface area contributed by atoms with Crippen LogP contribution in [0.5, 0.6) is 0 Å². The summed E-state index contributed by atoms with van der Waals surface area (Å²) in [4.78, 5) is 23.2. The van der Waals surface area contributed by atoms with Crippen LogP contribution in [0.3, 0.4) is 0 Å². The van der Waals surface area contributed by atoms with E-state index in [1.165, 1.54) is 0 Å². The van der Waals surface area contributed by atoms with Crippen molar-refractivity contribution in [3.63, 3.8) is 0 Å². The summed E-state index contributed by atoms with van der Waals surface area (Å²) in [6, 6.07) is 0.689. The molecule has 16 heavy (non-hydrogen) atoms. The van der Waals surface area contributed by atoms with Crippen LogP contribution in [0.25, 0.3) is 0 Å². The van der Waals surface area contributed by atoms with Gasteiger partial charge in [0.25, 0.3) is 0 Å². The summed E-state index contributed by atoms with van der Waals surface area (Å²) in [6.07, 6.45) is -0.645. The van der Waals surface area contributed by atoms with E-state index in [9.17, 15) is 9.59 Å². The summed E-state index contributed by atoms with van der Waals surface area (Å²) in [5.41, 5.74) is 0.502. The molecule has 2 rings (SSSR count). The van der Waals surface area contributed by atoms with E-state index in [1.54, 1.807) is 13.0 Å². The number of carbonyl (C=O) groups excluding carboxylic acids is 1. The van der Waals surface area contributed by atoms with Gasteiger partial charge in [-0.25, -0.2) is 9.59 Å². The molecule has 1 fully saturated rings. The van der Waals surface area contributed by atoms with Crippen molar-refractivity contribution in [2.24, 2.45) is 0 Å². The number of hydrogen-bond donors (Lipinski definition) is 1. The summed E-state index contributed by atoms with van der Waals surface area (Å²) >= 11 is 0. The summed E-state index contributed by atoms with van der Waals surface area (Å²) in [5, 5.41) is 12.6. The average Bonchev–Trinajstić information content (AvgIpc) is 2.76. The highest BCUT2D eigenvalue weighted by Gasteiger charge is 2.38. The zero-order chi connectivity index (χ0) is 11.7. The fourth-order valence-corrected chi connectivity index (χ4v) is 1.50. The van der Waals surface area contributed by atoms with Crippen LogP contribution in [-0.2, 0) is 16.1 Å². The molecule has 7 heteroatoms. The van der Waals surface area contributed by atoms with E-state index in [0.29, 0.717) is 11.5 Å². The van der Waals surface area contributed by atoms with Gasteiger partial charge in [-0.15, -0.1) is 0 Å². The largest absolute Gasteiger partial charge is 0.480 e. The number of hydrogen-bond acceptors (Lipinski definition) is 5. The maximum Gasteiger partial charge on any atom is 0.411 e. The lowest BCUT2D eigenvalue weighted by Gasteiger charge is -2.15. The second kappa shape index (κ2) is 3.84. The Morgan fingerprint density at radius 3 is 3.06 bits per heavy atom. The Morgan fingerprint density at radius 2 is 2.50 bits per heavy atom. The van der Waals surface area contributed by atoms with Gasteiger partial charge in [0.15, 0.2) is 6.04 Å². The first-order chi connectivity index (χ1) is 7.58. The molecule has 0 spiro atoms. The number of amides is 1. The molecule has 1 amide bonds. The Labute approximate surface area is 90.6 Å². The lowest BCUT2D eigenvalue weighted by molar-refractivity contribution is -0.141. The highest BCUT2D eigenvalue weighted by Crippen LogP contribution is 2.16. The number of carboxylic acid groups (broad SMARTS) is 1. The Bertz CT molecular complexity index is 427. The molecule has 0 saturated carbocycles. The van der Waals surface area contributed by atoms with E-state index in [4.69, 9.17) is 9.63 Å². The molecule has 0 aromatic carbocycles. The number of aromatic nitrogens is 1. The maximum atomic E-state index is 11.3. The molecule has 0 radical (unpaired) electrons. The molecule has 1 N–H and O–H groups in total. The fraction of sp³-hybridized carbons (Fsp3) is 0.444. The van der Waals surface area contributed by atoms with E-state index in [-0.39, 0.29) is 13.2 Å². The molecule has 2 heterocycles. The first-order valence-electron chi connectivity index (χ1n) is 4.66. The number of carbonyl (C=O) groups is 2. The van der Waals surface area contributed by atoms with E-state index in [1.807, 2.05) is 0 Å². The van der Waals surface area contributed by atoms with Crippen LogP contribution in [0, 0.1) is 6.92 Å². The molecule has 1 aliphatic rings. The van der Waals surface area contributed by atoms with E-state index < -0.39 is 18.1 Å². The van der Waals surface area contributed by atoms with Crippen LogP contribution in [0.4, 0.5) is 4.79 Å². The zero-order valence-electron chi connectivity index (χ0n) is 8.54. The van der Waals surface area contributed by atoms with Crippen molar-refractivity contribution in [2.75, 3.05) is 6.61 Å². The minimum absolute atomic E-state index is 0.0765. The van der Waals surface area contributed by atoms with Gasteiger partial charge in [-0.05, 0) is 6.92 Å². The van der Waals surface area contributed by atoms with Gasteiger partial charge in [-0.2, -0.15) is 0 Å². The Kier molecular flexibility index (Phi) is 2.51. The Balaban J connectivity index is 2.12. The molecule has 7 nitrogen and oxygen atoms in total. The third kappa shape index (κ3) is 1.83. The highest BCUT2D eigenvalue weighted by atomic mass is 16.6. The number of ether oxygens (including phenoxy) is 1. The molecule has 1 aromatic rings. The lowest BCUT2D eigenvalue weighted by Crippen LogP contribution is -2.38. The number of carboxylic acids is 1. The molecule has 1 saturated heterocycles. The van der Waals surface area contributed by atoms with Gasteiger partial charge in [0.2, 0.25) is 0 Å². The highest BCUT2D eigenvalue weighted by molar-refractivity contribution is 5.82. The van der Waals surface area contributed by atoms with Gasteiger partial charge in [0, 0.05) is 6.07 Å². The summed E-state index contributed by atoms with van der Waals surface area (Å²) < 4.78 is 9.50. The maximum absolute atomic E-state index is 11.3. The van der Waals surface area contributed by atoms with Crippen molar-refractivity contribution < 1.29 is 24.0 Å². The van der Waals surface area contributed by atoms with Gasteiger partial charge >= 0.3 is 12.1 Å². The van der Waals surface area contributed by atoms with Gasteiger partial charge in [-0.3, -0.25) is 4.90 Å². The van der Waals surface area contributed by atoms with E-state index >= 15 is 0 Å². The predicted molar refractivity (Wildman–Crippen MR) is 49.6 cm³/mol. The number of rotatable bonds is 3. The van der Waals surface area contributed by atoms with Crippen molar-refractivity contribution in [1.29, 1.82) is 0 Å². The third-order valence-corrected chi connectivity index (χ3v) is 2.27. The van der Waals surface area contributed by atoms with Crippen molar-refractivity contribution in [1.82, 2.24) is 10.1 Å². The third-order valence-electron chi connectivity index (χ3n) is 2.27. The molecule has 0 aliphatic carbocycles. The first kappa shape index (κ1) is 10.5. The second-order valence-electron chi connectivity index (χ2n) is 3.49. The SMILES string of the molecule is Cc1cc(CN2C(=O)OCC2C(=O)O)no1. The molecular formula is C9H10N2O5. The molecule has 0 bridgehead atoms. The molecule has 1 aliphatic heterocycles. The van der Waals surface area contributed by atoms with Crippen molar-refractivity contribution in [3.8, 4) is 0 Å². The van der Waals surface area contributed by atoms with E-state index in [2.05, 4.69) is 9.89 Å². The quantitative estimate of drug-likeness (QED) is 0.801. The van der Waals surface area contributed by atoms with Crippen LogP contribution in [-0.4, -0.2) is 39.9 Å². The first-order valence-corrected chi connectivity index (χ1v) is 4.66. The Hall–Kier alpha value is -2.05. The van der Waals surface area contributed by atoms with Gasteiger partial charge in [0.1, 0.15) is 18.1 Å². The minimum Gasteiger partial charge on any atom is -0.480 e. The number of nitrogens with zero attached hydrogens (tertiary/aromatic N) is 2. The lowest BCUT2D eigenvalue weighted by atomic mass is 10.2. The minimum atomic E-state index is -1.09. The van der Waals surface area contributed by atoms with Gasteiger partial charge < -0.3 is 14.4 Å². The smallest absolute Gasteiger partial charge is 0.411 e. The molecule has 1 unspecified atom stereocenters. The normalized spacial score (nSPS) is 19.9. The number of aliphatic carboxylic acids is 1. The van der Waals surface area contributed by atoms with Crippen LogP contribution in [0.15, 0.2) is 10.6 Å². The monoisotopic (exact) mass is 226 g/mol. The standard InChI is InChI=1S/C9H10N2O5/c1-5-2-6(10-16-5)3-11-7(8(12)13)4-15-9(11)14/h2,7H,3-4H2,1H3,(H,12,13). The van der Waals surface area contributed by atoms with Crippen LogP contribution >= 0.6 is 0 Å². The number of aryl methyl sites for hydroxylation is 1. The number of cyclic esters (lactones) is 1. The van der Waals surface area contributed by atoms with Crippen LogP contribution < -0.4 is 0 Å². The second-order valence-corrected chi connectivity index (χ2v) is 3.49. The van der Waals surface area contributed by atoms with Crippen molar-refractivity contribution >= 4 is 12.1 Å². The zero-order valence-corrected chi connectivity index (χ0v) is 8.54. The van der Waals surface area contributed by atoms with Gasteiger partial charge in [0.05, 0.1) is 6.54 Å². The van der Waals surface area contributed by atoms with Gasteiger partial charge in [-0.1, -0.05) is 5.16 Å². The van der Waals surface area contributed by atoms with Crippen molar-refractivity contribution in [3.05, 3.63) is 17.5 Å².